The number of nitrogens with zero attached hydrogens (tertiary/aromatic N) is 1. The molecule has 28 heavy (non-hydrogen) atoms. The minimum atomic E-state index is 0.875. The maximum atomic E-state index is 3.27. The smallest absolute Gasteiger partial charge is 0.242 e. The van der Waals surface area contributed by atoms with Gasteiger partial charge in [0.2, 0.25) is 6.33 Å². The highest BCUT2D eigenvalue weighted by Gasteiger charge is 2.12. The van der Waals surface area contributed by atoms with Crippen molar-refractivity contribution in [2.75, 3.05) is 0 Å². The van der Waals surface area contributed by atoms with E-state index in [1.807, 2.05) is 0 Å². The fourth-order valence-electron chi connectivity index (χ4n) is 3.80. The Labute approximate surface area is 167 Å². The van der Waals surface area contributed by atoms with Crippen LogP contribution in [0.2, 0.25) is 0 Å². The number of imidazole rings is 1. The molecule has 0 aliphatic rings. The van der Waals surface area contributed by atoms with Gasteiger partial charge in [-0.1, -0.05) is 77.9 Å². The van der Waals surface area contributed by atoms with Crippen LogP contribution in [0.3, 0.4) is 0 Å². The van der Waals surface area contributed by atoms with Crippen molar-refractivity contribution >= 4 is 0 Å². The van der Waals surface area contributed by atoms with Crippen molar-refractivity contribution < 1.29 is 4.57 Å². The Kier molecular flexibility index (Phi) is 5.12. The number of aromatic nitrogens is 2. The van der Waals surface area contributed by atoms with Gasteiger partial charge in [0.25, 0.3) is 0 Å². The fourth-order valence-corrected chi connectivity index (χ4v) is 3.80. The summed E-state index contributed by atoms with van der Waals surface area (Å²) < 4.78 is 2.31. The molecule has 0 unspecified atom stereocenters. The SMILES string of the molecule is Cc1ccc(-c2ccc(C[n+]3c[nH]cc3Cc3cccc(C)c3)cc2C)cc1. The Balaban J connectivity index is 1.55. The van der Waals surface area contributed by atoms with E-state index in [-0.39, 0.29) is 0 Å². The number of rotatable bonds is 5. The van der Waals surface area contributed by atoms with Crippen LogP contribution in [-0.2, 0) is 13.0 Å². The first-order chi connectivity index (χ1) is 13.6. The molecule has 0 spiro atoms. The summed E-state index contributed by atoms with van der Waals surface area (Å²) in [6.45, 7) is 7.35. The maximum absolute atomic E-state index is 3.27. The minimum absolute atomic E-state index is 0.875. The zero-order valence-electron chi connectivity index (χ0n) is 16.9. The van der Waals surface area contributed by atoms with E-state index < -0.39 is 0 Å². The lowest BCUT2D eigenvalue weighted by Crippen LogP contribution is -2.36. The Bertz CT molecular complexity index is 1090. The summed E-state index contributed by atoms with van der Waals surface area (Å²) in [5.41, 5.74) is 10.5. The van der Waals surface area contributed by atoms with Gasteiger partial charge in [0.1, 0.15) is 18.4 Å². The molecule has 1 heterocycles. The first kappa shape index (κ1) is 18.2. The standard InChI is InChI=1S/C26H26N2/c1-19-7-10-24(11-8-19)26-12-9-23(14-21(26)3)17-28-18-27-16-25(28)15-22-6-4-5-20(2)13-22/h4-14,16,18H,15,17H2,1-3H3/p+1. The molecule has 140 valence electrons. The molecule has 0 bridgehead atoms. The molecule has 0 fully saturated rings. The van der Waals surface area contributed by atoms with E-state index in [0.717, 1.165) is 13.0 Å². The van der Waals surface area contributed by atoms with Gasteiger partial charge < -0.3 is 0 Å². The molecule has 3 aromatic carbocycles. The molecular weight excluding hydrogens is 340 g/mol. The number of nitrogens with one attached hydrogen (secondary N) is 1. The van der Waals surface area contributed by atoms with Gasteiger partial charge in [0.15, 0.2) is 0 Å². The van der Waals surface area contributed by atoms with Gasteiger partial charge in [-0.25, -0.2) is 9.55 Å². The highest BCUT2D eigenvalue weighted by atomic mass is 15.0. The summed E-state index contributed by atoms with van der Waals surface area (Å²) in [7, 11) is 0. The van der Waals surface area contributed by atoms with Gasteiger partial charge >= 0.3 is 0 Å². The number of H-pyrrole nitrogens is 1. The number of aryl methyl sites for hydroxylation is 3. The van der Waals surface area contributed by atoms with Crippen molar-refractivity contribution in [1.82, 2.24) is 4.98 Å². The highest BCUT2D eigenvalue weighted by Crippen LogP contribution is 2.24. The largest absolute Gasteiger partial charge is 0.250 e. The van der Waals surface area contributed by atoms with E-state index in [1.165, 1.54) is 44.6 Å². The summed E-state index contributed by atoms with van der Waals surface area (Å²) in [5.74, 6) is 0. The molecule has 4 rings (SSSR count). The Morgan fingerprint density at radius 2 is 1.61 bits per heavy atom. The second-order valence-electron chi connectivity index (χ2n) is 7.74. The lowest BCUT2D eigenvalue weighted by Gasteiger charge is -2.09. The van der Waals surface area contributed by atoms with Gasteiger partial charge in [-0.05, 0) is 48.6 Å². The average Bonchev–Trinajstić information content (AvgIpc) is 3.09. The number of hydrogen-bond donors (Lipinski definition) is 1. The van der Waals surface area contributed by atoms with Crippen molar-refractivity contribution in [2.45, 2.75) is 33.7 Å². The van der Waals surface area contributed by atoms with Crippen molar-refractivity contribution in [3.05, 3.63) is 113 Å². The molecule has 2 heteroatoms. The van der Waals surface area contributed by atoms with Crippen LogP contribution in [0, 0.1) is 20.8 Å². The Morgan fingerprint density at radius 1 is 0.786 bits per heavy atom. The number of hydrogen-bond acceptors (Lipinski definition) is 0. The summed E-state index contributed by atoms with van der Waals surface area (Å²) in [4.78, 5) is 3.27. The second kappa shape index (κ2) is 7.85. The molecule has 0 aliphatic heterocycles. The van der Waals surface area contributed by atoms with Crippen LogP contribution in [0.25, 0.3) is 11.1 Å². The maximum Gasteiger partial charge on any atom is 0.242 e. The third-order valence-electron chi connectivity index (χ3n) is 5.32. The zero-order valence-corrected chi connectivity index (χ0v) is 16.9. The lowest BCUT2D eigenvalue weighted by atomic mass is 9.97. The zero-order chi connectivity index (χ0) is 19.5. The average molecular weight is 368 g/mol. The normalized spacial score (nSPS) is 11.0. The quantitative estimate of drug-likeness (QED) is 0.447. The van der Waals surface area contributed by atoms with Gasteiger partial charge in [-0.15, -0.1) is 0 Å². The van der Waals surface area contributed by atoms with Crippen molar-refractivity contribution in [2.24, 2.45) is 0 Å². The van der Waals surface area contributed by atoms with Crippen LogP contribution in [0.5, 0.6) is 0 Å². The monoisotopic (exact) mass is 367 g/mol. The van der Waals surface area contributed by atoms with E-state index >= 15 is 0 Å². The fraction of sp³-hybridized carbons (Fsp3) is 0.192. The molecule has 0 radical (unpaired) electrons. The molecule has 0 saturated carbocycles. The molecular formula is C26H27N2+. The molecule has 2 nitrogen and oxygen atoms in total. The third-order valence-corrected chi connectivity index (χ3v) is 5.32. The number of benzene rings is 3. The molecule has 1 aromatic heterocycles. The predicted octanol–water partition coefficient (Wildman–Crippen LogP) is 5.53. The van der Waals surface area contributed by atoms with E-state index in [4.69, 9.17) is 0 Å². The molecule has 4 aromatic rings. The summed E-state index contributed by atoms with van der Waals surface area (Å²) in [5, 5.41) is 0. The van der Waals surface area contributed by atoms with E-state index in [1.54, 1.807) is 0 Å². The molecule has 0 aliphatic carbocycles. The third kappa shape index (κ3) is 4.07. The van der Waals surface area contributed by atoms with Crippen LogP contribution in [0.1, 0.15) is 33.5 Å². The van der Waals surface area contributed by atoms with E-state index in [9.17, 15) is 0 Å². The Hall–Kier alpha value is -3.13. The van der Waals surface area contributed by atoms with Crippen molar-refractivity contribution in [3.8, 4) is 11.1 Å². The predicted molar refractivity (Wildman–Crippen MR) is 115 cm³/mol. The van der Waals surface area contributed by atoms with Crippen LogP contribution >= 0.6 is 0 Å². The topological polar surface area (TPSA) is 19.7 Å². The molecule has 0 amide bonds. The van der Waals surface area contributed by atoms with Crippen molar-refractivity contribution in [1.29, 1.82) is 0 Å². The summed E-state index contributed by atoms with van der Waals surface area (Å²) >= 11 is 0. The van der Waals surface area contributed by atoms with Crippen LogP contribution in [0.4, 0.5) is 0 Å². The summed E-state index contributed by atoms with van der Waals surface area (Å²) in [6, 6.07) is 24.3. The lowest BCUT2D eigenvalue weighted by molar-refractivity contribution is -0.693. The van der Waals surface area contributed by atoms with Gasteiger partial charge in [0.05, 0.1) is 0 Å². The first-order valence-electron chi connectivity index (χ1n) is 9.86. The first-order valence-corrected chi connectivity index (χ1v) is 9.86. The van der Waals surface area contributed by atoms with Crippen LogP contribution < -0.4 is 4.57 Å². The number of aromatic amines is 1. The van der Waals surface area contributed by atoms with E-state index in [0.29, 0.717) is 0 Å². The van der Waals surface area contributed by atoms with Crippen LogP contribution in [0.15, 0.2) is 79.3 Å². The van der Waals surface area contributed by atoms with Gasteiger partial charge in [0, 0.05) is 6.42 Å². The summed E-state index contributed by atoms with van der Waals surface area (Å²) in [6.07, 6.45) is 5.11. The molecule has 0 atom stereocenters. The minimum Gasteiger partial charge on any atom is -0.250 e. The van der Waals surface area contributed by atoms with Gasteiger partial charge in [-0.3, -0.25) is 0 Å². The molecule has 1 N–H and O–H groups in total. The van der Waals surface area contributed by atoms with Crippen LogP contribution in [-0.4, -0.2) is 4.98 Å². The Morgan fingerprint density at radius 3 is 2.36 bits per heavy atom. The van der Waals surface area contributed by atoms with Gasteiger partial charge in [-0.2, -0.15) is 0 Å². The van der Waals surface area contributed by atoms with Crippen molar-refractivity contribution in [3.63, 3.8) is 0 Å². The molecule has 0 saturated heterocycles. The highest BCUT2D eigenvalue weighted by molar-refractivity contribution is 5.67. The second-order valence-corrected chi connectivity index (χ2v) is 7.74. The van der Waals surface area contributed by atoms with E-state index in [2.05, 4.69) is 110 Å².